The Balaban J connectivity index is 1.85. The average Bonchev–Trinajstić information content (AvgIpc) is 3.13. The van der Waals surface area contributed by atoms with Crippen molar-refractivity contribution < 1.29 is 14.1 Å². The number of ether oxygens (including phenoxy) is 1. The minimum absolute atomic E-state index is 0.0197. The minimum Gasteiger partial charge on any atom is -0.467 e. The first-order chi connectivity index (χ1) is 12.9. The van der Waals surface area contributed by atoms with Crippen LogP contribution in [-0.4, -0.2) is 17.0 Å². The Morgan fingerprint density at radius 1 is 1.15 bits per heavy atom. The lowest BCUT2D eigenvalue weighted by atomic mass is 10.0. The van der Waals surface area contributed by atoms with Crippen molar-refractivity contribution in [2.75, 3.05) is 7.11 Å². The monoisotopic (exact) mass is 367 g/mol. The van der Waals surface area contributed by atoms with Crippen molar-refractivity contribution in [3.05, 3.63) is 76.2 Å². The number of hydrogen-bond acceptors (Lipinski definition) is 6. The molecule has 0 aliphatic rings. The van der Waals surface area contributed by atoms with E-state index in [2.05, 4.69) is 10.3 Å². The third-order valence-electron chi connectivity index (χ3n) is 4.24. The first-order valence-corrected chi connectivity index (χ1v) is 8.50. The van der Waals surface area contributed by atoms with Gasteiger partial charge >= 0.3 is 5.95 Å². The molecular weight excluding hydrogens is 346 g/mol. The molecule has 0 aliphatic carbocycles. The van der Waals surface area contributed by atoms with Crippen LogP contribution in [0.3, 0.4) is 0 Å². The van der Waals surface area contributed by atoms with E-state index < -0.39 is 10.5 Å². The number of nitrogens with zero attached hydrogens (tertiary/aromatic N) is 2. The maximum absolute atomic E-state index is 10.8. The molecule has 0 unspecified atom stereocenters. The van der Waals surface area contributed by atoms with Gasteiger partial charge in [-0.15, -0.1) is 0 Å². The number of non-ortho nitro benzene ring substituents is 1. The summed E-state index contributed by atoms with van der Waals surface area (Å²) in [5, 5.41) is 14.3. The van der Waals surface area contributed by atoms with Crippen molar-refractivity contribution in [1.29, 1.82) is 0 Å². The van der Waals surface area contributed by atoms with Crippen LogP contribution in [0.15, 0.2) is 59.0 Å². The van der Waals surface area contributed by atoms with Gasteiger partial charge in [0.05, 0.1) is 17.6 Å². The Morgan fingerprint density at radius 3 is 2.41 bits per heavy atom. The van der Waals surface area contributed by atoms with Crippen LogP contribution in [0.25, 0.3) is 11.3 Å². The van der Waals surface area contributed by atoms with Crippen LogP contribution in [0.1, 0.15) is 25.3 Å². The molecule has 3 aromatic rings. The van der Waals surface area contributed by atoms with Crippen LogP contribution >= 0.6 is 0 Å². The summed E-state index contributed by atoms with van der Waals surface area (Å²) < 4.78 is 11.1. The highest BCUT2D eigenvalue weighted by Crippen LogP contribution is 2.34. The molecule has 0 aliphatic heterocycles. The number of oxazole rings is 1. The molecule has 7 nitrogen and oxygen atoms in total. The fourth-order valence-electron chi connectivity index (χ4n) is 2.63. The third-order valence-corrected chi connectivity index (χ3v) is 4.24. The number of aromatic nitrogens is 1. The molecule has 0 fully saturated rings. The number of rotatable bonds is 7. The number of nitro groups is 1. The van der Waals surface area contributed by atoms with Gasteiger partial charge < -0.3 is 9.15 Å². The maximum Gasteiger partial charge on any atom is 0.313 e. The minimum atomic E-state index is -0.540. The van der Waals surface area contributed by atoms with E-state index in [1.807, 2.05) is 44.2 Å². The van der Waals surface area contributed by atoms with Gasteiger partial charge in [0.25, 0.3) is 5.69 Å². The normalized spacial score (nSPS) is 11.4. The van der Waals surface area contributed by atoms with Crippen LogP contribution in [0.5, 0.6) is 5.95 Å². The highest BCUT2D eigenvalue weighted by molar-refractivity contribution is 5.65. The molecular formula is C20H21N3O4. The summed E-state index contributed by atoms with van der Waals surface area (Å²) in [5.74, 6) is 0.747. The summed E-state index contributed by atoms with van der Waals surface area (Å²) in [6, 6.07) is 16.2. The molecule has 7 heteroatoms. The summed E-state index contributed by atoms with van der Waals surface area (Å²) in [5.41, 5.74) is 1.83. The molecule has 0 atom stereocenters. The van der Waals surface area contributed by atoms with E-state index >= 15 is 0 Å². The summed E-state index contributed by atoms with van der Waals surface area (Å²) in [6.45, 7) is 4.60. The van der Waals surface area contributed by atoms with Crippen molar-refractivity contribution in [2.45, 2.75) is 25.9 Å². The number of nitrogens with one attached hydrogen (secondary N) is 1. The fraction of sp³-hybridized carbons (Fsp3) is 0.250. The van der Waals surface area contributed by atoms with Crippen LogP contribution in [0.4, 0.5) is 5.69 Å². The maximum atomic E-state index is 10.8. The van der Waals surface area contributed by atoms with Gasteiger partial charge in [-0.1, -0.05) is 30.3 Å². The molecule has 0 radical (unpaired) electrons. The first kappa shape index (κ1) is 18.6. The van der Waals surface area contributed by atoms with Gasteiger partial charge in [0.2, 0.25) is 5.89 Å². The molecule has 3 rings (SSSR count). The number of benzene rings is 2. The second-order valence-electron chi connectivity index (χ2n) is 6.63. The Bertz CT molecular complexity index is 918. The summed E-state index contributed by atoms with van der Waals surface area (Å²) >= 11 is 0. The van der Waals surface area contributed by atoms with E-state index in [9.17, 15) is 10.1 Å². The zero-order valence-corrected chi connectivity index (χ0v) is 15.4. The van der Waals surface area contributed by atoms with Crippen LogP contribution in [0, 0.1) is 10.1 Å². The molecule has 0 saturated heterocycles. The highest BCUT2D eigenvalue weighted by atomic mass is 16.6. The van der Waals surface area contributed by atoms with E-state index in [1.165, 1.54) is 19.2 Å². The van der Waals surface area contributed by atoms with Gasteiger partial charge in [0, 0.05) is 24.2 Å². The number of methoxy groups -OCH3 is 1. The lowest BCUT2D eigenvalue weighted by molar-refractivity contribution is -0.384. The molecule has 0 spiro atoms. The average molecular weight is 367 g/mol. The molecule has 0 bridgehead atoms. The van der Waals surface area contributed by atoms with Crippen molar-refractivity contribution in [1.82, 2.24) is 10.3 Å². The van der Waals surface area contributed by atoms with E-state index in [4.69, 9.17) is 9.15 Å². The fourth-order valence-corrected chi connectivity index (χ4v) is 2.63. The van der Waals surface area contributed by atoms with Gasteiger partial charge in [-0.25, -0.2) is 4.98 Å². The molecule has 1 N–H and O–H groups in total. The van der Waals surface area contributed by atoms with Crippen molar-refractivity contribution in [2.24, 2.45) is 0 Å². The predicted octanol–water partition coefficient (Wildman–Crippen LogP) is 4.28. The van der Waals surface area contributed by atoms with Gasteiger partial charge in [-0.3, -0.25) is 15.4 Å². The van der Waals surface area contributed by atoms with Gasteiger partial charge in [-0.05, 0) is 31.5 Å². The first-order valence-electron chi connectivity index (χ1n) is 8.50. The Hall–Kier alpha value is -3.19. The van der Waals surface area contributed by atoms with Crippen LogP contribution in [0.2, 0.25) is 0 Å². The molecule has 0 amide bonds. The van der Waals surface area contributed by atoms with E-state index in [0.717, 1.165) is 5.56 Å². The summed E-state index contributed by atoms with van der Waals surface area (Å²) in [6.07, 6.45) is 0. The predicted molar refractivity (Wildman–Crippen MR) is 101 cm³/mol. The molecule has 0 saturated carbocycles. The second kappa shape index (κ2) is 7.59. The van der Waals surface area contributed by atoms with E-state index in [1.54, 1.807) is 12.1 Å². The Labute approximate surface area is 157 Å². The molecule has 2 aromatic carbocycles. The molecule has 1 aromatic heterocycles. The van der Waals surface area contributed by atoms with Gasteiger partial charge in [0.15, 0.2) is 5.69 Å². The van der Waals surface area contributed by atoms with Crippen LogP contribution < -0.4 is 10.1 Å². The van der Waals surface area contributed by atoms with Crippen molar-refractivity contribution in [3.8, 4) is 17.2 Å². The molecule has 1 heterocycles. The van der Waals surface area contributed by atoms with E-state index in [0.29, 0.717) is 23.7 Å². The van der Waals surface area contributed by atoms with E-state index in [-0.39, 0.29) is 11.6 Å². The summed E-state index contributed by atoms with van der Waals surface area (Å²) in [4.78, 5) is 15.0. The standard InChI is InChI=1S/C20H21N3O4/c1-20(2,21-13-14-7-5-4-6-8-14)19-22-17(18(26-3)27-19)15-9-11-16(12-10-15)23(24)25/h4-12,21H,13H2,1-3H3. The Kier molecular flexibility index (Phi) is 5.23. The van der Waals surface area contributed by atoms with Crippen molar-refractivity contribution in [3.63, 3.8) is 0 Å². The highest BCUT2D eigenvalue weighted by Gasteiger charge is 2.29. The third kappa shape index (κ3) is 4.15. The molecule has 140 valence electrons. The number of nitro benzene ring substituents is 1. The second-order valence-corrected chi connectivity index (χ2v) is 6.63. The van der Waals surface area contributed by atoms with Gasteiger partial charge in [0.1, 0.15) is 0 Å². The Morgan fingerprint density at radius 2 is 1.81 bits per heavy atom. The topological polar surface area (TPSA) is 90.4 Å². The smallest absolute Gasteiger partial charge is 0.313 e. The van der Waals surface area contributed by atoms with Crippen molar-refractivity contribution >= 4 is 5.69 Å². The largest absolute Gasteiger partial charge is 0.467 e. The van der Waals surface area contributed by atoms with Crippen LogP contribution in [-0.2, 0) is 12.1 Å². The number of hydrogen-bond donors (Lipinski definition) is 1. The lowest BCUT2D eigenvalue weighted by Crippen LogP contribution is -2.36. The molecule has 27 heavy (non-hydrogen) atoms. The summed E-state index contributed by atoms with van der Waals surface area (Å²) in [7, 11) is 1.50. The SMILES string of the molecule is COc1oc(C(C)(C)NCc2ccccc2)nc1-c1ccc([N+](=O)[O-])cc1. The van der Waals surface area contributed by atoms with Gasteiger partial charge in [-0.2, -0.15) is 0 Å². The zero-order valence-electron chi connectivity index (χ0n) is 15.4. The lowest BCUT2D eigenvalue weighted by Gasteiger charge is -2.22. The quantitative estimate of drug-likeness (QED) is 0.495. The zero-order chi connectivity index (χ0) is 19.4.